The number of benzene rings is 1. The van der Waals surface area contributed by atoms with Crippen molar-refractivity contribution in [3.8, 4) is 6.07 Å². The van der Waals surface area contributed by atoms with E-state index in [1.54, 1.807) is 12.1 Å². The molecule has 21 heavy (non-hydrogen) atoms. The molecule has 1 aromatic carbocycles. The molecule has 0 amide bonds. The summed E-state index contributed by atoms with van der Waals surface area (Å²) in [6, 6.07) is 8.83. The Kier molecular flexibility index (Phi) is 5.90. The minimum Gasteiger partial charge on any atom is -0.310 e. The highest BCUT2D eigenvalue weighted by Crippen LogP contribution is 2.23. The Bertz CT molecular complexity index is 601. The van der Waals surface area contributed by atoms with Crippen LogP contribution in [-0.2, 0) is 10.0 Å². The maximum absolute atomic E-state index is 11.2. The predicted molar refractivity (Wildman–Crippen MR) is 82.9 cm³/mol. The Morgan fingerprint density at radius 2 is 1.90 bits per heavy atom. The third-order valence-corrected chi connectivity index (χ3v) is 4.44. The number of nitrogens with zero attached hydrogens (tertiary/aromatic N) is 1. The highest BCUT2D eigenvalue weighted by Gasteiger charge is 2.18. The maximum atomic E-state index is 11.2. The van der Waals surface area contributed by atoms with Crippen LogP contribution in [0.4, 0.5) is 0 Å². The number of nitrogens with two attached hydrogens (primary N) is 1. The zero-order valence-corrected chi connectivity index (χ0v) is 13.6. The Balaban J connectivity index is 2.64. The summed E-state index contributed by atoms with van der Waals surface area (Å²) in [6.07, 6.45) is 1.39. The predicted octanol–water partition coefficient (Wildman–Crippen LogP) is 2.31. The van der Waals surface area contributed by atoms with Gasteiger partial charge in [0, 0.05) is 19.0 Å². The number of sulfonamides is 1. The molecule has 0 aliphatic carbocycles. The second kappa shape index (κ2) is 7.03. The van der Waals surface area contributed by atoms with Gasteiger partial charge in [0.25, 0.3) is 0 Å². The van der Waals surface area contributed by atoms with E-state index in [1.165, 1.54) is 12.1 Å². The molecule has 0 saturated carbocycles. The van der Waals surface area contributed by atoms with Crippen LogP contribution in [-0.4, -0.2) is 15.0 Å². The number of nitrogens with one attached hydrogen (secondary N) is 1. The smallest absolute Gasteiger partial charge is 0.238 e. The molecular formula is C15H23N3O2S. The summed E-state index contributed by atoms with van der Waals surface area (Å²) in [6.45, 7) is 7.04. The van der Waals surface area contributed by atoms with E-state index in [0.29, 0.717) is 6.42 Å². The minimum atomic E-state index is -3.64. The molecule has 1 atom stereocenters. The van der Waals surface area contributed by atoms with Gasteiger partial charge in [-0.15, -0.1) is 0 Å². The van der Waals surface area contributed by atoms with Crippen LogP contribution in [0.25, 0.3) is 0 Å². The highest BCUT2D eigenvalue weighted by atomic mass is 32.2. The van der Waals surface area contributed by atoms with Crippen LogP contribution < -0.4 is 10.5 Å². The van der Waals surface area contributed by atoms with E-state index in [1.807, 2.05) is 6.92 Å². The summed E-state index contributed by atoms with van der Waals surface area (Å²) in [7, 11) is -3.64. The Morgan fingerprint density at radius 1 is 1.33 bits per heavy atom. The Morgan fingerprint density at radius 3 is 2.38 bits per heavy atom. The van der Waals surface area contributed by atoms with Crippen LogP contribution in [0.15, 0.2) is 29.2 Å². The van der Waals surface area contributed by atoms with Crippen LogP contribution in [0.5, 0.6) is 0 Å². The van der Waals surface area contributed by atoms with Crippen molar-refractivity contribution in [2.45, 2.75) is 44.6 Å². The summed E-state index contributed by atoms with van der Waals surface area (Å²) in [5.41, 5.74) is 1.04. The van der Waals surface area contributed by atoms with Gasteiger partial charge < -0.3 is 5.32 Å². The molecule has 1 rings (SSSR count). The van der Waals surface area contributed by atoms with Gasteiger partial charge in [0.15, 0.2) is 0 Å². The molecule has 1 unspecified atom stereocenters. The third-order valence-electron chi connectivity index (χ3n) is 3.51. The van der Waals surface area contributed by atoms with Crippen molar-refractivity contribution in [2.24, 2.45) is 10.6 Å². The molecule has 0 fully saturated rings. The molecule has 0 aliphatic rings. The molecule has 3 N–H and O–H groups in total. The zero-order valence-electron chi connectivity index (χ0n) is 12.8. The molecule has 6 heteroatoms. The molecule has 5 nitrogen and oxygen atoms in total. The van der Waals surface area contributed by atoms with Crippen molar-refractivity contribution in [1.29, 1.82) is 5.26 Å². The quantitative estimate of drug-likeness (QED) is 0.808. The van der Waals surface area contributed by atoms with Crippen LogP contribution in [0.1, 0.15) is 45.2 Å². The summed E-state index contributed by atoms with van der Waals surface area (Å²) in [5.74, 6) is 0. The van der Waals surface area contributed by atoms with Crippen molar-refractivity contribution in [3.63, 3.8) is 0 Å². The molecular weight excluding hydrogens is 286 g/mol. The standard InChI is InChI=1S/C15H23N3O2S/c1-12(18-11-15(2,3)9-4-10-16)13-5-7-14(8-6-13)21(17,19)20/h5-8,12,18H,4,9,11H2,1-3H3,(H2,17,19,20). The Hall–Kier alpha value is -1.42. The molecule has 1 aromatic rings. The largest absolute Gasteiger partial charge is 0.310 e. The van der Waals surface area contributed by atoms with Crippen molar-refractivity contribution in [2.75, 3.05) is 6.54 Å². The third kappa shape index (κ3) is 5.84. The van der Waals surface area contributed by atoms with Crippen LogP contribution >= 0.6 is 0 Å². The van der Waals surface area contributed by atoms with Gasteiger partial charge in [-0.3, -0.25) is 0 Å². The fraction of sp³-hybridized carbons (Fsp3) is 0.533. The zero-order chi connectivity index (χ0) is 16.1. The van der Waals surface area contributed by atoms with E-state index in [0.717, 1.165) is 18.5 Å². The highest BCUT2D eigenvalue weighted by molar-refractivity contribution is 7.89. The summed E-state index contributed by atoms with van der Waals surface area (Å²) < 4.78 is 22.4. The van der Waals surface area contributed by atoms with Gasteiger partial charge in [0.05, 0.1) is 11.0 Å². The normalized spacial score (nSPS) is 13.7. The van der Waals surface area contributed by atoms with Crippen LogP contribution in [0, 0.1) is 16.7 Å². The van der Waals surface area contributed by atoms with Gasteiger partial charge in [-0.2, -0.15) is 5.26 Å². The average Bonchev–Trinajstić information content (AvgIpc) is 2.42. The van der Waals surface area contributed by atoms with Crippen LogP contribution in [0.3, 0.4) is 0 Å². The lowest BCUT2D eigenvalue weighted by atomic mass is 9.87. The van der Waals surface area contributed by atoms with Gasteiger partial charge in [-0.1, -0.05) is 26.0 Å². The summed E-state index contributed by atoms with van der Waals surface area (Å²) >= 11 is 0. The first kappa shape index (κ1) is 17.6. The molecule has 0 saturated heterocycles. The van der Waals surface area contributed by atoms with Gasteiger partial charge in [0.1, 0.15) is 0 Å². The van der Waals surface area contributed by atoms with E-state index in [4.69, 9.17) is 10.4 Å². The molecule has 0 radical (unpaired) electrons. The lowest BCUT2D eigenvalue weighted by molar-refractivity contribution is 0.305. The number of primary sulfonamides is 1. The summed E-state index contributed by atoms with van der Waals surface area (Å²) in [5, 5.41) is 17.1. The van der Waals surface area contributed by atoms with Crippen molar-refractivity contribution < 1.29 is 8.42 Å². The van der Waals surface area contributed by atoms with Gasteiger partial charge in [-0.05, 0) is 36.5 Å². The molecule has 0 spiro atoms. The fourth-order valence-electron chi connectivity index (χ4n) is 1.98. The first-order chi connectivity index (χ1) is 9.65. The minimum absolute atomic E-state index is 0.0462. The average molecular weight is 309 g/mol. The maximum Gasteiger partial charge on any atom is 0.238 e. The van der Waals surface area contributed by atoms with E-state index in [9.17, 15) is 8.42 Å². The fourth-order valence-corrected chi connectivity index (χ4v) is 2.49. The lowest BCUT2D eigenvalue weighted by Gasteiger charge is -2.26. The second-order valence-electron chi connectivity index (χ2n) is 6.04. The second-order valence-corrected chi connectivity index (χ2v) is 7.60. The number of hydrogen-bond donors (Lipinski definition) is 2. The van der Waals surface area contributed by atoms with Crippen molar-refractivity contribution in [1.82, 2.24) is 5.32 Å². The number of rotatable bonds is 7. The first-order valence-electron chi connectivity index (χ1n) is 6.89. The molecule has 0 bridgehead atoms. The van der Waals surface area contributed by atoms with Gasteiger partial charge in [-0.25, -0.2) is 13.6 Å². The monoisotopic (exact) mass is 309 g/mol. The lowest BCUT2D eigenvalue weighted by Crippen LogP contribution is -2.31. The van der Waals surface area contributed by atoms with Crippen molar-refractivity contribution in [3.05, 3.63) is 29.8 Å². The van der Waals surface area contributed by atoms with Crippen LogP contribution in [0.2, 0.25) is 0 Å². The van der Waals surface area contributed by atoms with E-state index < -0.39 is 10.0 Å². The van der Waals surface area contributed by atoms with Gasteiger partial charge in [0.2, 0.25) is 10.0 Å². The van der Waals surface area contributed by atoms with E-state index >= 15 is 0 Å². The topological polar surface area (TPSA) is 96.0 Å². The number of nitriles is 1. The van der Waals surface area contributed by atoms with E-state index in [2.05, 4.69) is 25.2 Å². The SMILES string of the molecule is CC(NCC(C)(C)CCC#N)c1ccc(S(N)(=O)=O)cc1. The molecule has 0 heterocycles. The molecule has 0 aliphatic heterocycles. The number of hydrogen-bond acceptors (Lipinski definition) is 4. The van der Waals surface area contributed by atoms with Gasteiger partial charge >= 0.3 is 0 Å². The summed E-state index contributed by atoms with van der Waals surface area (Å²) in [4.78, 5) is 0.118. The Labute approximate surface area is 127 Å². The molecule has 116 valence electrons. The first-order valence-corrected chi connectivity index (χ1v) is 8.43. The molecule has 0 aromatic heterocycles. The van der Waals surface area contributed by atoms with Crippen molar-refractivity contribution >= 4 is 10.0 Å². The van der Waals surface area contributed by atoms with E-state index in [-0.39, 0.29) is 16.4 Å².